The third kappa shape index (κ3) is 3.44. The zero-order chi connectivity index (χ0) is 17.3. The number of ether oxygens (including phenoxy) is 1. The average Bonchev–Trinajstić information content (AvgIpc) is 2.90. The molecule has 0 aliphatic carbocycles. The summed E-state index contributed by atoms with van der Waals surface area (Å²) in [4.78, 5) is 25.0. The van der Waals surface area contributed by atoms with Crippen molar-refractivity contribution in [3.63, 3.8) is 0 Å². The van der Waals surface area contributed by atoms with Crippen molar-refractivity contribution in [3.8, 4) is 11.5 Å². The molecule has 1 heterocycles. The van der Waals surface area contributed by atoms with Crippen molar-refractivity contribution in [2.45, 2.75) is 0 Å². The van der Waals surface area contributed by atoms with Gasteiger partial charge in [0.1, 0.15) is 11.5 Å². The zero-order valence-electron chi connectivity index (χ0n) is 11.7. The number of halogens is 1. The van der Waals surface area contributed by atoms with Crippen molar-refractivity contribution >= 4 is 54.4 Å². The molecule has 0 spiro atoms. The van der Waals surface area contributed by atoms with Crippen LogP contribution in [0.2, 0.25) is 0 Å². The number of hydrogen-bond acceptors (Lipinski definition) is 6. The molecule has 0 radical (unpaired) electrons. The second kappa shape index (κ2) is 6.42. The molecule has 0 fully saturated rings. The van der Waals surface area contributed by atoms with Gasteiger partial charge in [0.25, 0.3) is 5.69 Å². The lowest BCUT2D eigenvalue weighted by Gasteiger charge is -2.06. The first-order chi connectivity index (χ1) is 11.4. The molecule has 0 aliphatic rings. The maximum absolute atomic E-state index is 10.7. The monoisotopic (exact) mass is 409 g/mol. The number of nitrogens with zero attached hydrogens (tertiary/aromatic N) is 2. The summed E-state index contributed by atoms with van der Waals surface area (Å²) in [5.74, 6) is 0.939. The molecule has 0 aliphatic heterocycles. The Bertz CT molecular complexity index is 941. The molecule has 8 nitrogen and oxygen atoms in total. The van der Waals surface area contributed by atoms with Crippen molar-refractivity contribution in [1.29, 1.82) is 0 Å². The summed E-state index contributed by atoms with van der Waals surface area (Å²) in [7, 11) is 0. The molecule has 24 heavy (non-hydrogen) atoms. The molecule has 122 valence electrons. The largest absolute Gasteiger partial charge is 0.465 e. The SMILES string of the molecule is O=C(O)Nc1nc2c(Br)cc(Oc3ccc([N+](=O)[O-])cc3)cc2s1. The Kier molecular flexibility index (Phi) is 4.32. The fraction of sp³-hybridized carbons (Fsp3) is 0. The minimum atomic E-state index is -1.19. The van der Waals surface area contributed by atoms with Gasteiger partial charge < -0.3 is 9.84 Å². The molecule has 2 aromatic carbocycles. The highest BCUT2D eigenvalue weighted by atomic mass is 79.9. The fourth-order valence-corrected chi connectivity index (χ4v) is 3.51. The van der Waals surface area contributed by atoms with Crippen LogP contribution in [0.5, 0.6) is 11.5 Å². The summed E-state index contributed by atoms with van der Waals surface area (Å²) in [6.07, 6.45) is -1.19. The standard InChI is InChI=1S/C14H8BrN3O5S/c15-10-5-9(23-8-3-1-7(2-4-8)18(21)22)6-11-12(10)16-13(24-11)17-14(19)20/h1-6H,(H,16,17)(H,19,20). The van der Waals surface area contributed by atoms with Gasteiger partial charge >= 0.3 is 6.09 Å². The number of nitrogens with one attached hydrogen (secondary N) is 1. The van der Waals surface area contributed by atoms with E-state index in [1.165, 1.54) is 35.6 Å². The fourth-order valence-electron chi connectivity index (χ4n) is 1.94. The van der Waals surface area contributed by atoms with Crippen LogP contribution in [-0.2, 0) is 0 Å². The number of thiazole rings is 1. The van der Waals surface area contributed by atoms with Crippen LogP contribution in [-0.4, -0.2) is 21.1 Å². The number of nitro benzene ring substituents is 1. The van der Waals surface area contributed by atoms with E-state index in [-0.39, 0.29) is 10.8 Å². The number of amides is 1. The molecule has 0 saturated heterocycles. The van der Waals surface area contributed by atoms with Crippen LogP contribution in [0.15, 0.2) is 40.9 Å². The zero-order valence-corrected chi connectivity index (χ0v) is 14.1. The second-order valence-corrected chi connectivity index (χ2v) is 6.44. The molecular formula is C14H8BrN3O5S. The second-order valence-electron chi connectivity index (χ2n) is 4.55. The lowest BCUT2D eigenvalue weighted by atomic mass is 10.3. The Morgan fingerprint density at radius 2 is 2.00 bits per heavy atom. The van der Waals surface area contributed by atoms with E-state index in [0.717, 1.165) is 4.70 Å². The molecule has 0 atom stereocenters. The van der Waals surface area contributed by atoms with E-state index >= 15 is 0 Å². The lowest BCUT2D eigenvalue weighted by Crippen LogP contribution is -2.06. The molecule has 0 saturated carbocycles. The predicted molar refractivity (Wildman–Crippen MR) is 92.1 cm³/mol. The van der Waals surface area contributed by atoms with Gasteiger partial charge in [-0.25, -0.2) is 9.78 Å². The van der Waals surface area contributed by atoms with Crippen LogP contribution in [0, 0.1) is 10.1 Å². The van der Waals surface area contributed by atoms with Gasteiger partial charge in [0.2, 0.25) is 0 Å². The topological polar surface area (TPSA) is 115 Å². The third-order valence-corrected chi connectivity index (χ3v) is 4.44. The van der Waals surface area contributed by atoms with Crippen molar-refractivity contribution < 1.29 is 19.6 Å². The highest BCUT2D eigenvalue weighted by Crippen LogP contribution is 2.36. The number of carbonyl (C=O) groups is 1. The van der Waals surface area contributed by atoms with Crippen molar-refractivity contribution in [2.75, 3.05) is 5.32 Å². The summed E-state index contributed by atoms with van der Waals surface area (Å²) < 4.78 is 7.05. The highest BCUT2D eigenvalue weighted by molar-refractivity contribution is 9.10. The van der Waals surface area contributed by atoms with E-state index in [1.807, 2.05) is 0 Å². The average molecular weight is 410 g/mol. The van der Waals surface area contributed by atoms with E-state index < -0.39 is 11.0 Å². The molecule has 2 N–H and O–H groups in total. The maximum atomic E-state index is 10.7. The third-order valence-electron chi connectivity index (χ3n) is 2.92. The number of nitro groups is 1. The molecular weight excluding hydrogens is 402 g/mol. The summed E-state index contributed by atoms with van der Waals surface area (Å²) in [6, 6.07) is 9.11. The Morgan fingerprint density at radius 1 is 1.29 bits per heavy atom. The lowest BCUT2D eigenvalue weighted by molar-refractivity contribution is -0.384. The van der Waals surface area contributed by atoms with Gasteiger partial charge in [-0.2, -0.15) is 0 Å². The Balaban J connectivity index is 1.89. The number of aromatic nitrogens is 1. The first kappa shape index (κ1) is 16.1. The van der Waals surface area contributed by atoms with Crippen LogP contribution in [0.25, 0.3) is 10.2 Å². The Hall–Kier alpha value is -2.72. The molecule has 0 bridgehead atoms. The predicted octanol–water partition coefficient (Wildman–Crippen LogP) is 4.85. The molecule has 3 rings (SSSR count). The van der Waals surface area contributed by atoms with Crippen molar-refractivity contribution in [1.82, 2.24) is 4.98 Å². The highest BCUT2D eigenvalue weighted by Gasteiger charge is 2.12. The first-order valence-electron chi connectivity index (χ1n) is 6.45. The molecule has 1 aromatic heterocycles. The van der Waals surface area contributed by atoms with Gasteiger partial charge in [0, 0.05) is 22.7 Å². The van der Waals surface area contributed by atoms with E-state index in [9.17, 15) is 14.9 Å². The van der Waals surface area contributed by atoms with Gasteiger partial charge in [0.05, 0.1) is 15.1 Å². The van der Waals surface area contributed by atoms with Crippen LogP contribution >= 0.6 is 27.3 Å². The van der Waals surface area contributed by atoms with Gasteiger partial charge in [-0.05, 0) is 34.1 Å². The van der Waals surface area contributed by atoms with E-state index in [2.05, 4.69) is 26.2 Å². The van der Waals surface area contributed by atoms with Crippen LogP contribution in [0.4, 0.5) is 15.6 Å². The normalized spacial score (nSPS) is 10.5. The van der Waals surface area contributed by atoms with E-state index in [4.69, 9.17) is 9.84 Å². The molecule has 3 aromatic rings. The van der Waals surface area contributed by atoms with E-state index in [1.54, 1.807) is 12.1 Å². The summed E-state index contributed by atoms with van der Waals surface area (Å²) in [5, 5.41) is 21.9. The Morgan fingerprint density at radius 3 is 2.62 bits per heavy atom. The number of benzene rings is 2. The maximum Gasteiger partial charge on any atom is 0.410 e. The van der Waals surface area contributed by atoms with Crippen molar-refractivity contribution in [3.05, 3.63) is 51.0 Å². The number of rotatable bonds is 4. The van der Waals surface area contributed by atoms with Crippen LogP contribution < -0.4 is 10.1 Å². The Labute approximate surface area is 147 Å². The minimum Gasteiger partial charge on any atom is -0.465 e. The van der Waals surface area contributed by atoms with E-state index in [0.29, 0.717) is 21.5 Å². The first-order valence-corrected chi connectivity index (χ1v) is 8.05. The molecule has 1 amide bonds. The number of anilines is 1. The molecule has 0 unspecified atom stereocenters. The smallest absolute Gasteiger partial charge is 0.410 e. The van der Waals surface area contributed by atoms with Crippen LogP contribution in [0.3, 0.4) is 0 Å². The number of fused-ring (bicyclic) bond motifs is 1. The molecule has 10 heteroatoms. The van der Waals surface area contributed by atoms with Gasteiger partial charge in [-0.3, -0.25) is 15.4 Å². The number of hydrogen-bond donors (Lipinski definition) is 2. The van der Waals surface area contributed by atoms with Gasteiger partial charge in [-0.15, -0.1) is 0 Å². The minimum absolute atomic E-state index is 0.0224. The van der Waals surface area contributed by atoms with Crippen molar-refractivity contribution in [2.24, 2.45) is 0 Å². The summed E-state index contributed by atoms with van der Waals surface area (Å²) >= 11 is 4.54. The van der Waals surface area contributed by atoms with Crippen LogP contribution in [0.1, 0.15) is 0 Å². The van der Waals surface area contributed by atoms with Gasteiger partial charge in [0.15, 0.2) is 5.13 Å². The number of carboxylic acid groups (broad SMARTS) is 1. The number of non-ortho nitro benzene ring substituents is 1. The summed E-state index contributed by atoms with van der Waals surface area (Å²) in [6.45, 7) is 0. The van der Waals surface area contributed by atoms with Gasteiger partial charge in [-0.1, -0.05) is 11.3 Å². The summed E-state index contributed by atoms with van der Waals surface area (Å²) in [5.41, 5.74) is 0.589. The quantitative estimate of drug-likeness (QED) is 0.470.